The van der Waals surface area contributed by atoms with Crippen LogP contribution in [-0.2, 0) is 0 Å². The first-order chi connectivity index (χ1) is 27.8. The van der Waals surface area contributed by atoms with Gasteiger partial charge in [-0.1, -0.05) is 206 Å². The average Bonchev–Trinajstić information content (AvgIpc) is 3.29. The summed E-state index contributed by atoms with van der Waals surface area (Å²) in [5.41, 5.74) is 3.47. The van der Waals surface area contributed by atoms with Crippen LogP contribution in [0, 0.1) is 0 Å². The maximum Gasteiger partial charge on any atom is 0.155 e. The highest BCUT2D eigenvalue weighted by Gasteiger charge is 2.49. The first kappa shape index (κ1) is 36.3. The lowest BCUT2D eigenvalue weighted by atomic mass is 10.3. The molecule has 9 rings (SSSR count). The van der Waals surface area contributed by atoms with Crippen LogP contribution in [0.1, 0.15) is 0 Å². The van der Waals surface area contributed by atoms with Crippen LogP contribution >= 0.6 is 31.9 Å². The lowest BCUT2D eigenvalue weighted by molar-refractivity contribution is 1.44. The molecule has 0 saturated carbocycles. The van der Waals surface area contributed by atoms with Gasteiger partial charge in [-0.2, -0.15) is 0 Å². The molecule has 0 aromatic heterocycles. The van der Waals surface area contributed by atoms with Gasteiger partial charge in [-0.3, -0.25) is 13.3 Å². The molecule has 4 nitrogen and oxygen atoms in total. The van der Waals surface area contributed by atoms with Crippen molar-refractivity contribution < 1.29 is 0 Å². The molecule has 0 amide bonds. The highest BCUT2D eigenvalue weighted by Crippen LogP contribution is 2.78. The third-order valence-corrected chi connectivity index (χ3v) is 22.6. The molecular formula is C48H40N4P4. The van der Waals surface area contributed by atoms with E-state index in [1.807, 2.05) is 0 Å². The SMILES string of the molecule is c1ccc(N2P(c3ccccc3)N=P(c3ccccc3)(c3ccccc3)N(c3ccccc3)P(c3ccccc3)N(c3ccccc3)P2c2ccccc2)cc1. The van der Waals surface area contributed by atoms with Gasteiger partial charge in [0.25, 0.3) is 0 Å². The van der Waals surface area contributed by atoms with E-state index < -0.39 is 31.9 Å². The van der Waals surface area contributed by atoms with Crippen LogP contribution in [0.15, 0.2) is 247 Å². The summed E-state index contributed by atoms with van der Waals surface area (Å²) in [4.78, 5) is 0. The van der Waals surface area contributed by atoms with Gasteiger partial charge in [0.1, 0.15) is 23.7 Å². The Kier molecular flexibility index (Phi) is 10.9. The molecule has 1 aliphatic rings. The second kappa shape index (κ2) is 16.8. The summed E-state index contributed by atoms with van der Waals surface area (Å²) in [6, 6.07) is 88.9. The zero-order valence-corrected chi connectivity index (χ0v) is 34.2. The molecule has 0 bridgehead atoms. The summed E-state index contributed by atoms with van der Waals surface area (Å²) in [7, 11) is -7.02. The first-order valence-electron chi connectivity index (χ1n) is 18.7. The van der Waals surface area contributed by atoms with E-state index in [0.717, 1.165) is 11.4 Å². The van der Waals surface area contributed by atoms with Gasteiger partial charge in [-0.05, 0) is 36.4 Å². The fourth-order valence-electron chi connectivity index (χ4n) is 7.07. The Hall–Kier alpha value is -5.32. The number of hydrogen-bond acceptors (Lipinski definition) is 4. The van der Waals surface area contributed by atoms with E-state index >= 15 is 0 Å². The summed E-state index contributed by atoms with van der Waals surface area (Å²) >= 11 is 0. The quantitative estimate of drug-likeness (QED) is 0.143. The molecule has 0 spiro atoms. The molecule has 0 radical (unpaired) electrons. The average molecular weight is 797 g/mol. The molecule has 0 saturated heterocycles. The Morgan fingerprint density at radius 3 is 1.05 bits per heavy atom. The van der Waals surface area contributed by atoms with Crippen molar-refractivity contribution >= 4 is 75.5 Å². The summed E-state index contributed by atoms with van der Waals surface area (Å²) in [5.74, 6) is 0. The third kappa shape index (κ3) is 7.01. The van der Waals surface area contributed by atoms with Gasteiger partial charge in [-0.15, -0.1) is 0 Å². The Labute approximate surface area is 334 Å². The molecule has 0 aliphatic carbocycles. The minimum atomic E-state index is -2.93. The Bertz CT molecular complexity index is 2460. The Morgan fingerprint density at radius 2 is 0.625 bits per heavy atom. The fraction of sp³-hybridized carbons (Fsp3) is 0. The molecule has 56 heavy (non-hydrogen) atoms. The van der Waals surface area contributed by atoms with Gasteiger partial charge in [0.15, 0.2) is 8.22 Å². The highest BCUT2D eigenvalue weighted by molar-refractivity contribution is 8.02. The predicted molar refractivity (Wildman–Crippen MR) is 247 cm³/mol. The Morgan fingerprint density at radius 1 is 0.304 bits per heavy atom. The maximum absolute atomic E-state index is 6.61. The van der Waals surface area contributed by atoms with Crippen LogP contribution in [0.2, 0.25) is 0 Å². The van der Waals surface area contributed by atoms with Crippen LogP contribution in [0.4, 0.5) is 17.1 Å². The predicted octanol–water partition coefficient (Wildman–Crippen LogP) is 12.2. The molecule has 8 aromatic rings. The van der Waals surface area contributed by atoms with Crippen LogP contribution in [0.25, 0.3) is 0 Å². The molecule has 3 atom stereocenters. The number of anilines is 3. The standard InChI is InChI=1S/C48H40N4P4/c1-9-25-41(26-10-1)50-53(44-31-15-4-16-32-44)49-56(47-37-21-7-22-38-47,48-39-23-8-24-40-48)52(43-29-13-3-14-30-43)55(46-35-19-6-20-36-46)51(42-27-11-2-12-28-42)54(50)45-33-17-5-18-34-45/h1-40H. The van der Waals surface area contributed by atoms with Crippen molar-refractivity contribution in [2.45, 2.75) is 0 Å². The summed E-state index contributed by atoms with van der Waals surface area (Å²) in [5, 5.41) is 6.15. The number of hydrogen-bond donors (Lipinski definition) is 0. The zero-order valence-electron chi connectivity index (χ0n) is 30.7. The molecule has 0 N–H and O–H groups in total. The van der Waals surface area contributed by atoms with Crippen LogP contribution < -0.4 is 39.8 Å². The summed E-state index contributed by atoms with van der Waals surface area (Å²) < 4.78 is 14.9. The summed E-state index contributed by atoms with van der Waals surface area (Å²) in [6.07, 6.45) is 0. The van der Waals surface area contributed by atoms with E-state index in [1.165, 1.54) is 32.2 Å². The lowest BCUT2D eigenvalue weighted by Gasteiger charge is -2.55. The molecule has 0 fully saturated rings. The van der Waals surface area contributed by atoms with Gasteiger partial charge in [0, 0.05) is 43.6 Å². The number of nitrogens with zero attached hydrogens (tertiary/aromatic N) is 4. The molecular weight excluding hydrogens is 756 g/mol. The smallest absolute Gasteiger partial charge is 0.155 e. The topological polar surface area (TPSA) is 22.1 Å². The van der Waals surface area contributed by atoms with Crippen LogP contribution in [0.5, 0.6) is 0 Å². The minimum Gasteiger partial charge on any atom is -0.288 e. The van der Waals surface area contributed by atoms with E-state index in [1.54, 1.807) is 0 Å². The number of benzene rings is 8. The van der Waals surface area contributed by atoms with Gasteiger partial charge >= 0.3 is 0 Å². The van der Waals surface area contributed by atoms with E-state index in [9.17, 15) is 0 Å². The van der Waals surface area contributed by atoms with Crippen LogP contribution in [-0.4, -0.2) is 0 Å². The van der Waals surface area contributed by atoms with Crippen LogP contribution in [0.3, 0.4) is 0 Å². The molecule has 8 heteroatoms. The van der Waals surface area contributed by atoms with Gasteiger partial charge in [0.2, 0.25) is 0 Å². The van der Waals surface area contributed by atoms with Crippen molar-refractivity contribution in [1.29, 1.82) is 0 Å². The van der Waals surface area contributed by atoms with Gasteiger partial charge in [-0.25, -0.2) is 4.52 Å². The molecule has 1 heterocycles. The van der Waals surface area contributed by atoms with E-state index in [0.29, 0.717) is 0 Å². The zero-order chi connectivity index (χ0) is 37.6. The largest absolute Gasteiger partial charge is 0.288 e. The Balaban J connectivity index is 1.55. The van der Waals surface area contributed by atoms with E-state index in [-0.39, 0.29) is 0 Å². The fourth-order valence-corrected chi connectivity index (χ4v) is 23.2. The number of para-hydroxylation sites is 3. The second-order valence-electron chi connectivity index (χ2n) is 13.1. The molecule has 3 unspecified atom stereocenters. The normalized spacial score (nSPS) is 18.0. The summed E-state index contributed by atoms with van der Waals surface area (Å²) in [6.45, 7) is 0. The monoisotopic (exact) mass is 796 g/mol. The van der Waals surface area contributed by atoms with Crippen molar-refractivity contribution in [3.63, 3.8) is 0 Å². The molecule has 1 aliphatic heterocycles. The van der Waals surface area contributed by atoms with E-state index in [2.05, 4.69) is 256 Å². The van der Waals surface area contributed by atoms with Crippen molar-refractivity contribution in [2.75, 3.05) is 13.3 Å². The minimum absolute atomic E-state index is 1.15. The van der Waals surface area contributed by atoms with Crippen molar-refractivity contribution in [3.8, 4) is 0 Å². The lowest BCUT2D eigenvalue weighted by Crippen LogP contribution is -2.41. The van der Waals surface area contributed by atoms with Gasteiger partial charge in [0.05, 0.1) is 0 Å². The van der Waals surface area contributed by atoms with Crippen molar-refractivity contribution in [3.05, 3.63) is 243 Å². The molecule has 8 aromatic carbocycles. The third-order valence-electron chi connectivity index (χ3n) is 9.54. The maximum atomic E-state index is 6.61. The first-order valence-corrected chi connectivity index (χ1v) is 24.1. The van der Waals surface area contributed by atoms with Gasteiger partial charge < -0.3 is 0 Å². The van der Waals surface area contributed by atoms with Crippen molar-refractivity contribution in [1.82, 2.24) is 0 Å². The second-order valence-corrected chi connectivity index (χ2v) is 22.7. The van der Waals surface area contributed by atoms with Crippen molar-refractivity contribution in [2.24, 2.45) is 4.52 Å². The number of rotatable bonds is 8. The van der Waals surface area contributed by atoms with E-state index in [4.69, 9.17) is 4.52 Å². The molecule has 272 valence electrons. The highest BCUT2D eigenvalue weighted by atomic mass is 31.3.